The van der Waals surface area contributed by atoms with Crippen LogP contribution in [0.4, 0.5) is 17.6 Å². The summed E-state index contributed by atoms with van der Waals surface area (Å²) in [6.45, 7) is 2.69. The third-order valence-corrected chi connectivity index (χ3v) is 6.86. The molecule has 13 heteroatoms. The van der Waals surface area contributed by atoms with Crippen LogP contribution in [0, 0.1) is 5.82 Å². The normalized spacial score (nSPS) is 16.7. The van der Waals surface area contributed by atoms with Crippen LogP contribution in [-0.2, 0) is 16.9 Å². The summed E-state index contributed by atoms with van der Waals surface area (Å²) in [4.78, 5) is 25.8. The second-order valence-corrected chi connectivity index (χ2v) is 9.48. The molecule has 1 fully saturated rings. The SMILES string of the molecule is COc1ccc(-c2nnc3n2C2(CCN(C(=O)c4ccccc4F)CC2)CN(C)C3)cc1.O=C(O)C(F)(F)F. The van der Waals surface area contributed by atoms with Gasteiger partial charge in [0.05, 0.1) is 24.8 Å². The van der Waals surface area contributed by atoms with Crippen molar-refractivity contribution in [1.29, 1.82) is 0 Å². The van der Waals surface area contributed by atoms with E-state index in [0.717, 1.165) is 48.9 Å². The number of hydrogen-bond donors (Lipinski definition) is 1. The maximum atomic E-state index is 14.2. The molecule has 0 saturated carbocycles. The summed E-state index contributed by atoms with van der Waals surface area (Å²) in [5.41, 5.74) is 0.902. The van der Waals surface area contributed by atoms with Crippen molar-refractivity contribution in [2.75, 3.05) is 33.8 Å². The molecule has 1 aromatic heterocycles. The number of rotatable bonds is 3. The lowest BCUT2D eigenvalue weighted by atomic mass is 9.84. The minimum absolute atomic E-state index is 0.133. The standard InChI is InChI=1S/C24H26FN5O2.C2HF3O2/c1-28-15-21-26-27-22(17-7-9-18(32-2)10-8-17)30(21)24(16-28)11-13-29(14-12-24)23(31)19-5-3-4-6-20(19)25;3-2(4,5)1(6)7/h3-10H,11-16H2,1-2H3;(H,6,7). The minimum Gasteiger partial charge on any atom is -0.497 e. The summed E-state index contributed by atoms with van der Waals surface area (Å²) in [6.07, 6.45) is -3.57. The Kier molecular flexibility index (Phi) is 7.91. The second-order valence-electron chi connectivity index (χ2n) is 9.48. The summed E-state index contributed by atoms with van der Waals surface area (Å²) in [6, 6.07) is 14.0. The van der Waals surface area contributed by atoms with Gasteiger partial charge in [0.15, 0.2) is 5.82 Å². The Hall–Kier alpha value is -4.00. The number of aromatic nitrogens is 3. The van der Waals surface area contributed by atoms with Gasteiger partial charge in [0.2, 0.25) is 0 Å². The number of fused-ring (bicyclic) bond motifs is 2. The zero-order valence-corrected chi connectivity index (χ0v) is 21.3. The Morgan fingerprint density at radius 2 is 1.64 bits per heavy atom. The highest BCUT2D eigenvalue weighted by Gasteiger charge is 2.44. The number of alkyl halides is 3. The van der Waals surface area contributed by atoms with Gasteiger partial charge in [-0.25, -0.2) is 9.18 Å². The molecule has 1 amide bonds. The molecule has 2 aliphatic heterocycles. The molecule has 0 radical (unpaired) electrons. The van der Waals surface area contributed by atoms with Crippen LogP contribution in [0.1, 0.15) is 29.0 Å². The lowest BCUT2D eigenvalue weighted by Gasteiger charge is -2.48. The van der Waals surface area contributed by atoms with Gasteiger partial charge in [-0.2, -0.15) is 13.2 Å². The fourth-order valence-electron chi connectivity index (χ4n) is 5.03. The monoisotopic (exact) mass is 549 g/mol. The highest BCUT2D eigenvalue weighted by molar-refractivity contribution is 5.94. The molecule has 1 saturated heterocycles. The van der Waals surface area contributed by atoms with E-state index in [9.17, 15) is 22.4 Å². The number of carbonyl (C=O) groups excluding carboxylic acids is 1. The first-order chi connectivity index (χ1) is 18.4. The van der Waals surface area contributed by atoms with Crippen LogP contribution >= 0.6 is 0 Å². The van der Waals surface area contributed by atoms with Crippen LogP contribution in [-0.4, -0.2) is 81.5 Å². The number of amides is 1. The number of aliphatic carboxylic acids is 1. The molecule has 0 aliphatic carbocycles. The maximum Gasteiger partial charge on any atom is 0.490 e. The van der Waals surface area contributed by atoms with Crippen LogP contribution < -0.4 is 4.74 Å². The molecule has 3 heterocycles. The van der Waals surface area contributed by atoms with E-state index in [1.54, 1.807) is 30.2 Å². The molecule has 208 valence electrons. The van der Waals surface area contributed by atoms with E-state index in [-0.39, 0.29) is 17.0 Å². The van der Waals surface area contributed by atoms with Gasteiger partial charge in [-0.3, -0.25) is 9.69 Å². The zero-order chi connectivity index (χ0) is 28.4. The van der Waals surface area contributed by atoms with Crippen molar-refractivity contribution in [1.82, 2.24) is 24.6 Å². The van der Waals surface area contributed by atoms with Gasteiger partial charge >= 0.3 is 12.1 Å². The molecule has 0 atom stereocenters. The van der Waals surface area contributed by atoms with Gasteiger partial charge in [-0.05, 0) is 56.3 Å². The molecule has 0 unspecified atom stereocenters. The summed E-state index contributed by atoms with van der Waals surface area (Å²) in [5, 5.41) is 16.2. The first-order valence-corrected chi connectivity index (χ1v) is 12.1. The van der Waals surface area contributed by atoms with E-state index < -0.39 is 18.0 Å². The van der Waals surface area contributed by atoms with Crippen molar-refractivity contribution < 1.29 is 37.0 Å². The van der Waals surface area contributed by atoms with Crippen molar-refractivity contribution in [2.45, 2.75) is 31.1 Å². The second kappa shape index (κ2) is 11.0. The van der Waals surface area contributed by atoms with Crippen LogP contribution in [0.5, 0.6) is 5.75 Å². The summed E-state index contributed by atoms with van der Waals surface area (Å²) in [7, 11) is 3.74. The van der Waals surface area contributed by atoms with Crippen molar-refractivity contribution in [3.8, 4) is 17.1 Å². The Morgan fingerprint density at radius 1 is 1.03 bits per heavy atom. The van der Waals surface area contributed by atoms with Gasteiger partial charge in [0.25, 0.3) is 5.91 Å². The van der Waals surface area contributed by atoms with Gasteiger partial charge < -0.3 is 19.3 Å². The Labute approximate surface area is 221 Å². The summed E-state index contributed by atoms with van der Waals surface area (Å²) >= 11 is 0. The molecular formula is C26H27F4N5O4. The number of hydrogen-bond acceptors (Lipinski definition) is 6. The quantitative estimate of drug-likeness (QED) is 0.496. The smallest absolute Gasteiger partial charge is 0.490 e. The van der Waals surface area contributed by atoms with Crippen molar-refractivity contribution in [3.63, 3.8) is 0 Å². The number of carboxylic acid groups (broad SMARTS) is 1. The Morgan fingerprint density at radius 3 is 2.21 bits per heavy atom. The van der Waals surface area contributed by atoms with Crippen molar-refractivity contribution in [3.05, 3.63) is 65.7 Å². The fraction of sp³-hybridized carbons (Fsp3) is 0.385. The number of carbonyl (C=O) groups is 2. The topological polar surface area (TPSA) is 101 Å². The van der Waals surface area contributed by atoms with Gasteiger partial charge in [0, 0.05) is 25.2 Å². The van der Waals surface area contributed by atoms with Gasteiger partial charge in [-0.1, -0.05) is 12.1 Å². The van der Waals surface area contributed by atoms with E-state index in [1.165, 1.54) is 6.07 Å². The third kappa shape index (κ3) is 5.87. The summed E-state index contributed by atoms with van der Waals surface area (Å²) < 4.78 is 53.5. The molecule has 2 aliphatic rings. The molecular weight excluding hydrogens is 522 g/mol. The molecule has 0 bridgehead atoms. The van der Waals surface area contributed by atoms with Crippen LogP contribution in [0.2, 0.25) is 0 Å². The van der Waals surface area contributed by atoms with Gasteiger partial charge in [-0.15, -0.1) is 10.2 Å². The highest BCUT2D eigenvalue weighted by atomic mass is 19.4. The van der Waals surface area contributed by atoms with Crippen LogP contribution in [0.3, 0.4) is 0 Å². The fourth-order valence-corrected chi connectivity index (χ4v) is 5.03. The first kappa shape index (κ1) is 28.0. The molecule has 39 heavy (non-hydrogen) atoms. The van der Waals surface area contributed by atoms with E-state index >= 15 is 0 Å². The number of ether oxygens (including phenoxy) is 1. The molecule has 3 aromatic rings. The number of nitrogens with zero attached hydrogens (tertiary/aromatic N) is 5. The molecule has 9 nitrogen and oxygen atoms in total. The van der Waals surface area contributed by atoms with E-state index in [0.29, 0.717) is 13.1 Å². The number of carboxylic acids is 1. The van der Waals surface area contributed by atoms with E-state index in [1.807, 2.05) is 24.3 Å². The average molecular weight is 550 g/mol. The Balaban J connectivity index is 0.000000448. The first-order valence-electron chi connectivity index (χ1n) is 12.1. The van der Waals surface area contributed by atoms with Crippen molar-refractivity contribution in [2.24, 2.45) is 0 Å². The number of benzene rings is 2. The molecule has 5 rings (SSSR count). The highest BCUT2D eigenvalue weighted by Crippen LogP contribution is 2.39. The largest absolute Gasteiger partial charge is 0.497 e. The predicted molar refractivity (Wildman–Crippen MR) is 132 cm³/mol. The van der Waals surface area contributed by atoms with Gasteiger partial charge in [0.1, 0.15) is 17.4 Å². The molecule has 1 N–H and O–H groups in total. The number of halogens is 4. The average Bonchev–Trinajstić information content (AvgIpc) is 3.33. The molecule has 1 spiro atoms. The van der Waals surface area contributed by atoms with E-state index in [2.05, 4.69) is 26.7 Å². The summed E-state index contributed by atoms with van der Waals surface area (Å²) in [5.74, 6) is -0.920. The van der Waals surface area contributed by atoms with E-state index in [4.69, 9.17) is 14.6 Å². The predicted octanol–water partition coefficient (Wildman–Crippen LogP) is 3.80. The third-order valence-electron chi connectivity index (χ3n) is 6.86. The lowest BCUT2D eigenvalue weighted by Crippen LogP contribution is -2.56. The zero-order valence-electron chi connectivity index (χ0n) is 21.3. The Bertz CT molecular complexity index is 1330. The number of likely N-dealkylation sites (N-methyl/N-ethyl adjacent to an activating group) is 1. The van der Waals surface area contributed by atoms with Crippen LogP contribution in [0.25, 0.3) is 11.4 Å². The number of likely N-dealkylation sites (tertiary alicyclic amines) is 1. The lowest BCUT2D eigenvalue weighted by molar-refractivity contribution is -0.192. The maximum absolute atomic E-state index is 14.2. The minimum atomic E-state index is -5.08. The van der Waals surface area contributed by atoms with Crippen molar-refractivity contribution >= 4 is 11.9 Å². The van der Waals surface area contributed by atoms with Crippen LogP contribution in [0.15, 0.2) is 48.5 Å². The number of methoxy groups -OCH3 is 1. The molecule has 2 aromatic carbocycles. The number of piperidine rings is 1.